The summed E-state index contributed by atoms with van der Waals surface area (Å²) in [4.78, 5) is 0. The fourth-order valence-electron chi connectivity index (χ4n) is 0.798. The summed E-state index contributed by atoms with van der Waals surface area (Å²) in [5.41, 5.74) is 1.21. The molecule has 0 amide bonds. The summed E-state index contributed by atoms with van der Waals surface area (Å²) in [7, 11) is 0. The summed E-state index contributed by atoms with van der Waals surface area (Å²) < 4.78 is 0. The SMILES string of the molecule is C=C1NCCC1C. The minimum absolute atomic E-state index is 0.708. The normalized spacial score (nSPS) is 30.4. The van der Waals surface area contributed by atoms with Crippen LogP contribution in [0, 0.1) is 5.92 Å². The third kappa shape index (κ3) is 0.763. The van der Waals surface area contributed by atoms with Crippen molar-refractivity contribution in [1.29, 1.82) is 0 Å². The molecule has 0 spiro atoms. The number of rotatable bonds is 0. The van der Waals surface area contributed by atoms with Gasteiger partial charge in [-0.2, -0.15) is 0 Å². The molecular formula is C6H11N. The van der Waals surface area contributed by atoms with Crippen LogP contribution in [0.15, 0.2) is 12.3 Å². The van der Waals surface area contributed by atoms with Crippen molar-refractivity contribution in [2.45, 2.75) is 13.3 Å². The second kappa shape index (κ2) is 1.57. The van der Waals surface area contributed by atoms with E-state index < -0.39 is 0 Å². The summed E-state index contributed by atoms with van der Waals surface area (Å²) in [5, 5.41) is 3.17. The molecule has 40 valence electrons. The first-order valence-corrected chi connectivity index (χ1v) is 2.73. The lowest BCUT2D eigenvalue weighted by Crippen LogP contribution is -2.03. The molecule has 1 nitrogen and oxygen atoms in total. The highest BCUT2D eigenvalue weighted by Gasteiger charge is 2.11. The van der Waals surface area contributed by atoms with Crippen LogP contribution in [-0.2, 0) is 0 Å². The molecule has 1 N–H and O–H groups in total. The predicted molar refractivity (Wildman–Crippen MR) is 30.9 cm³/mol. The zero-order valence-corrected chi connectivity index (χ0v) is 4.70. The minimum Gasteiger partial charge on any atom is -0.389 e. The summed E-state index contributed by atoms with van der Waals surface area (Å²) in [6.07, 6.45) is 1.26. The van der Waals surface area contributed by atoms with Gasteiger partial charge in [0.2, 0.25) is 0 Å². The van der Waals surface area contributed by atoms with Gasteiger partial charge in [-0.1, -0.05) is 13.5 Å². The molecule has 1 aliphatic rings. The van der Waals surface area contributed by atoms with Crippen LogP contribution in [-0.4, -0.2) is 6.54 Å². The highest BCUT2D eigenvalue weighted by Crippen LogP contribution is 2.14. The van der Waals surface area contributed by atoms with Crippen molar-refractivity contribution in [3.8, 4) is 0 Å². The average molecular weight is 97.2 g/mol. The van der Waals surface area contributed by atoms with Gasteiger partial charge < -0.3 is 5.32 Å². The van der Waals surface area contributed by atoms with Crippen LogP contribution in [0.25, 0.3) is 0 Å². The number of hydrogen-bond acceptors (Lipinski definition) is 1. The van der Waals surface area contributed by atoms with E-state index in [1.54, 1.807) is 0 Å². The molecule has 0 radical (unpaired) electrons. The van der Waals surface area contributed by atoms with Gasteiger partial charge in [-0.05, 0) is 12.3 Å². The van der Waals surface area contributed by atoms with Crippen molar-refractivity contribution in [3.05, 3.63) is 12.3 Å². The monoisotopic (exact) mass is 97.1 g/mol. The van der Waals surface area contributed by atoms with Crippen LogP contribution in [0.4, 0.5) is 0 Å². The fourth-order valence-corrected chi connectivity index (χ4v) is 0.798. The molecule has 7 heavy (non-hydrogen) atoms. The maximum atomic E-state index is 3.82. The Morgan fingerprint density at radius 3 is 2.71 bits per heavy atom. The number of nitrogens with one attached hydrogen (secondary N) is 1. The lowest BCUT2D eigenvalue weighted by Gasteiger charge is -1.97. The Kier molecular flexibility index (Phi) is 1.05. The smallest absolute Gasteiger partial charge is 0.0150 e. The Balaban J connectivity index is 2.48. The Hall–Kier alpha value is -0.460. The maximum absolute atomic E-state index is 3.82. The van der Waals surface area contributed by atoms with Gasteiger partial charge in [0, 0.05) is 12.2 Å². The zero-order valence-electron chi connectivity index (χ0n) is 4.70. The van der Waals surface area contributed by atoms with Crippen LogP contribution in [0.3, 0.4) is 0 Å². The van der Waals surface area contributed by atoms with Crippen LogP contribution in [0.1, 0.15) is 13.3 Å². The molecule has 1 atom stereocenters. The molecule has 1 rings (SSSR count). The molecule has 0 aromatic rings. The Labute approximate surface area is 44.4 Å². The van der Waals surface area contributed by atoms with Crippen molar-refractivity contribution in [2.24, 2.45) is 5.92 Å². The third-order valence-corrected chi connectivity index (χ3v) is 1.52. The maximum Gasteiger partial charge on any atom is 0.0150 e. The van der Waals surface area contributed by atoms with E-state index in [0.717, 1.165) is 6.54 Å². The van der Waals surface area contributed by atoms with E-state index in [1.165, 1.54) is 12.1 Å². The van der Waals surface area contributed by atoms with Crippen LogP contribution >= 0.6 is 0 Å². The third-order valence-electron chi connectivity index (χ3n) is 1.52. The molecule has 0 saturated carbocycles. The van der Waals surface area contributed by atoms with Gasteiger partial charge in [0.05, 0.1) is 0 Å². The van der Waals surface area contributed by atoms with Gasteiger partial charge >= 0.3 is 0 Å². The zero-order chi connectivity index (χ0) is 5.28. The Morgan fingerprint density at radius 2 is 2.57 bits per heavy atom. The summed E-state index contributed by atoms with van der Waals surface area (Å²) >= 11 is 0. The van der Waals surface area contributed by atoms with E-state index in [-0.39, 0.29) is 0 Å². The fraction of sp³-hybridized carbons (Fsp3) is 0.667. The highest BCUT2D eigenvalue weighted by molar-refractivity contribution is 5.01. The first-order chi connectivity index (χ1) is 3.30. The number of hydrogen-bond donors (Lipinski definition) is 1. The summed E-state index contributed by atoms with van der Waals surface area (Å²) in [6, 6.07) is 0. The molecule has 1 aliphatic heterocycles. The van der Waals surface area contributed by atoms with Crippen LogP contribution in [0.2, 0.25) is 0 Å². The van der Waals surface area contributed by atoms with Crippen LogP contribution in [0.5, 0.6) is 0 Å². The topological polar surface area (TPSA) is 12.0 Å². The molecule has 1 fully saturated rings. The van der Waals surface area contributed by atoms with Gasteiger partial charge in [-0.25, -0.2) is 0 Å². The van der Waals surface area contributed by atoms with Gasteiger partial charge in [-0.3, -0.25) is 0 Å². The molecular weight excluding hydrogens is 86.1 g/mol. The molecule has 0 bridgehead atoms. The van der Waals surface area contributed by atoms with E-state index in [9.17, 15) is 0 Å². The van der Waals surface area contributed by atoms with E-state index in [1.807, 2.05) is 0 Å². The molecule has 0 aromatic carbocycles. The Morgan fingerprint density at radius 1 is 1.86 bits per heavy atom. The highest BCUT2D eigenvalue weighted by atomic mass is 14.9. The van der Waals surface area contributed by atoms with Crippen molar-refractivity contribution in [3.63, 3.8) is 0 Å². The average Bonchev–Trinajstić information content (AvgIpc) is 1.91. The lowest BCUT2D eigenvalue weighted by atomic mass is 10.1. The largest absolute Gasteiger partial charge is 0.389 e. The lowest BCUT2D eigenvalue weighted by molar-refractivity contribution is 0.719. The van der Waals surface area contributed by atoms with Crippen LogP contribution < -0.4 is 5.32 Å². The first kappa shape index (κ1) is 4.69. The molecule has 0 aromatic heterocycles. The van der Waals surface area contributed by atoms with Crippen molar-refractivity contribution in [1.82, 2.24) is 5.32 Å². The van der Waals surface area contributed by atoms with E-state index in [2.05, 4.69) is 18.8 Å². The minimum atomic E-state index is 0.708. The summed E-state index contributed by atoms with van der Waals surface area (Å²) in [6.45, 7) is 7.15. The molecule has 1 unspecified atom stereocenters. The quantitative estimate of drug-likeness (QED) is 0.477. The standard InChI is InChI=1S/C6H11N/c1-5-3-4-7-6(5)2/h5,7H,2-4H2,1H3. The van der Waals surface area contributed by atoms with E-state index >= 15 is 0 Å². The molecule has 1 saturated heterocycles. The van der Waals surface area contributed by atoms with E-state index in [4.69, 9.17) is 0 Å². The van der Waals surface area contributed by atoms with Gasteiger partial charge in [-0.15, -0.1) is 0 Å². The van der Waals surface area contributed by atoms with Gasteiger partial charge in [0.1, 0.15) is 0 Å². The van der Waals surface area contributed by atoms with Crippen molar-refractivity contribution >= 4 is 0 Å². The summed E-state index contributed by atoms with van der Waals surface area (Å²) in [5.74, 6) is 0.708. The predicted octanol–water partition coefficient (Wildman–Crippen LogP) is 1.13. The van der Waals surface area contributed by atoms with E-state index in [0.29, 0.717) is 5.92 Å². The second-order valence-electron chi connectivity index (χ2n) is 2.14. The van der Waals surface area contributed by atoms with Gasteiger partial charge in [0.25, 0.3) is 0 Å². The van der Waals surface area contributed by atoms with Gasteiger partial charge in [0.15, 0.2) is 0 Å². The Bertz CT molecular complexity index is 86.2. The second-order valence-corrected chi connectivity index (χ2v) is 2.14. The van der Waals surface area contributed by atoms with Crippen molar-refractivity contribution < 1.29 is 0 Å². The van der Waals surface area contributed by atoms with Crippen molar-refractivity contribution in [2.75, 3.05) is 6.54 Å². The molecule has 0 aliphatic carbocycles. The molecule has 1 heterocycles. The molecule has 1 heteroatoms. The number of allylic oxidation sites excluding steroid dienone is 1. The first-order valence-electron chi connectivity index (χ1n) is 2.73.